The molecule has 80 valence electrons. The Labute approximate surface area is 89.1 Å². The van der Waals surface area contributed by atoms with E-state index in [1.54, 1.807) is 0 Å². The van der Waals surface area contributed by atoms with Crippen LogP contribution in [0.1, 0.15) is 18.0 Å². The van der Waals surface area contributed by atoms with E-state index in [2.05, 4.69) is 16.7 Å². The fourth-order valence-electron chi connectivity index (χ4n) is 1.96. The van der Waals surface area contributed by atoms with E-state index in [0.29, 0.717) is 6.42 Å². The van der Waals surface area contributed by atoms with E-state index < -0.39 is 0 Å². The molecule has 0 aliphatic carbocycles. The Morgan fingerprint density at radius 1 is 1.40 bits per heavy atom. The minimum atomic E-state index is -0.0823. The average molecular weight is 204 g/mol. The second-order valence-corrected chi connectivity index (χ2v) is 3.83. The predicted molar refractivity (Wildman–Crippen MR) is 61.6 cm³/mol. The summed E-state index contributed by atoms with van der Waals surface area (Å²) in [4.78, 5) is 0. The molecule has 3 nitrogen and oxygen atoms in total. The van der Waals surface area contributed by atoms with Crippen molar-refractivity contribution < 1.29 is 5.11 Å². The highest BCUT2D eigenvalue weighted by atomic mass is 16.3. The second kappa shape index (κ2) is 4.04. The van der Waals surface area contributed by atoms with Crippen molar-refractivity contribution in [3.05, 3.63) is 36.0 Å². The lowest BCUT2D eigenvalue weighted by Crippen LogP contribution is -2.11. The van der Waals surface area contributed by atoms with E-state index in [9.17, 15) is 0 Å². The van der Waals surface area contributed by atoms with E-state index in [1.807, 2.05) is 25.4 Å². The first kappa shape index (κ1) is 10.2. The number of aryl methyl sites for hydroxylation is 1. The van der Waals surface area contributed by atoms with E-state index in [-0.39, 0.29) is 12.6 Å². The molecule has 2 rings (SSSR count). The van der Waals surface area contributed by atoms with Crippen molar-refractivity contribution in [2.75, 3.05) is 6.61 Å². The molecule has 0 saturated carbocycles. The quantitative estimate of drug-likeness (QED) is 0.797. The van der Waals surface area contributed by atoms with Gasteiger partial charge in [-0.1, -0.05) is 18.2 Å². The van der Waals surface area contributed by atoms with Crippen molar-refractivity contribution in [2.24, 2.45) is 12.8 Å². The van der Waals surface area contributed by atoms with Gasteiger partial charge < -0.3 is 15.4 Å². The van der Waals surface area contributed by atoms with Gasteiger partial charge in [0.2, 0.25) is 0 Å². The molecule has 1 heterocycles. The molecule has 1 aromatic carbocycles. The molecule has 15 heavy (non-hydrogen) atoms. The number of hydrogen-bond donors (Lipinski definition) is 2. The maximum Gasteiger partial charge on any atom is 0.0481 e. The second-order valence-electron chi connectivity index (χ2n) is 3.83. The monoisotopic (exact) mass is 204 g/mol. The summed E-state index contributed by atoms with van der Waals surface area (Å²) >= 11 is 0. The van der Waals surface area contributed by atoms with Crippen molar-refractivity contribution in [1.29, 1.82) is 0 Å². The summed E-state index contributed by atoms with van der Waals surface area (Å²) in [5.41, 5.74) is 8.31. The topological polar surface area (TPSA) is 51.2 Å². The van der Waals surface area contributed by atoms with Crippen molar-refractivity contribution in [3.63, 3.8) is 0 Å². The number of nitrogens with two attached hydrogens (primary N) is 1. The molecule has 3 N–H and O–H groups in total. The molecule has 0 aliphatic heterocycles. The molecule has 1 unspecified atom stereocenters. The van der Waals surface area contributed by atoms with Crippen LogP contribution in [0, 0.1) is 0 Å². The lowest BCUT2D eigenvalue weighted by molar-refractivity contribution is 0.277. The van der Waals surface area contributed by atoms with Gasteiger partial charge in [0.15, 0.2) is 0 Å². The van der Waals surface area contributed by atoms with E-state index in [0.717, 1.165) is 5.56 Å². The summed E-state index contributed by atoms with van der Waals surface area (Å²) in [5.74, 6) is 0. The molecule has 0 fully saturated rings. The lowest BCUT2D eigenvalue weighted by Gasteiger charge is -2.07. The fourth-order valence-corrected chi connectivity index (χ4v) is 1.96. The molecule has 0 spiro atoms. The number of aliphatic hydroxyl groups is 1. The summed E-state index contributed by atoms with van der Waals surface area (Å²) in [7, 11) is 2.01. The molecule has 1 aromatic heterocycles. The summed E-state index contributed by atoms with van der Waals surface area (Å²) < 4.78 is 2.07. The normalized spacial score (nSPS) is 13.3. The Morgan fingerprint density at radius 3 is 2.87 bits per heavy atom. The molecule has 0 aliphatic rings. The zero-order chi connectivity index (χ0) is 10.8. The maximum atomic E-state index is 8.89. The maximum absolute atomic E-state index is 8.89. The van der Waals surface area contributed by atoms with Crippen LogP contribution in [-0.4, -0.2) is 16.3 Å². The SMILES string of the molecule is Cn1cc(C(N)CCO)c2ccccc21. The van der Waals surface area contributed by atoms with E-state index in [1.165, 1.54) is 10.9 Å². The van der Waals surface area contributed by atoms with Gasteiger partial charge in [0.25, 0.3) is 0 Å². The van der Waals surface area contributed by atoms with Crippen molar-refractivity contribution in [2.45, 2.75) is 12.5 Å². The van der Waals surface area contributed by atoms with Crippen molar-refractivity contribution >= 4 is 10.9 Å². The Kier molecular flexibility index (Phi) is 2.75. The highest BCUT2D eigenvalue weighted by molar-refractivity contribution is 5.84. The number of benzene rings is 1. The largest absolute Gasteiger partial charge is 0.396 e. The summed E-state index contributed by atoms with van der Waals surface area (Å²) in [6, 6.07) is 8.09. The number of nitrogens with zero attached hydrogens (tertiary/aromatic N) is 1. The summed E-state index contributed by atoms with van der Waals surface area (Å²) in [6.45, 7) is 0.129. The molecule has 0 saturated heterocycles. The highest BCUT2D eigenvalue weighted by Crippen LogP contribution is 2.25. The third-order valence-electron chi connectivity index (χ3n) is 2.77. The van der Waals surface area contributed by atoms with Gasteiger partial charge in [-0.2, -0.15) is 0 Å². The first-order valence-electron chi connectivity index (χ1n) is 5.14. The van der Waals surface area contributed by atoms with Crippen LogP contribution in [-0.2, 0) is 7.05 Å². The number of aliphatic hydroxyl groups excluding tert-OH is 1. The third kappa shape index (κ3) is 1.76. The van der Waals surface area contributed by atoms with Crippen LogP contribution < -0.4 is 5.73 Å². The smallest absolute Gasteiger partial charge is 0.0481 e. The highest BCUT2D eigenvalue weighted by Gasteiger charge is 2.12. The van der Waals surface area contributed by atoms with Crippen LogP contribution in [0.5, 0.6) is 0 Å². The van der Waals surface area contributed by atoms with E-state index in [4.69, 9.17) is 10.8 Å². The van der Waals surface area contributed by atoms with Crippen LogP contribution in [0.15, 0.2) is 30.5 Å². The van der Waals surface area contributed by atoms with Gasteiger partial charge in [-0.25, -0.2) is 0 Å². The number of hydrogen-bond acceptors (Lipinski definition) is 2. The van der Waals surface area contributed by atoms with Crippen molar-refractivity contribution in [1.82, 2.24) is 4.57 Å². The van der Waals surface area contributed by atoms with Gasteiger partial charge in [-0.3, -0.25) is 0 Å². The molecule has 3 heteroatoms. The number of rotatable bonds is 3. The first-order valence-corrected chi connectivity index (χ1v) is 5.14. The molecular weight excluding hydrogens is 188 g/mol. The third-order valence-corrected chi connectivity index (χ3v) is 2.77. The fraction of sp³-hybridized carbons (Fsp3) is 0.333. The van der Waals surface area contributed by atoms with Gasteiger partial charge in [-0.05, 0) is 18.1 Å². The van der Waals surface area contributed by atoms with Gasteiger partial charge >= 0.3 is 0 Å². The zero-order valence-electron chi connectivity index (χ0n) is 8.85. The van der Waals surface area contributed by atoms with Gasteiger partial charge in [0, 0.05) is 36.8 Å². The van der Waals surface area contributed by atoms with Gasteiger partial charge in [-0.15, -0.1) is 0 Å². The average Bonchev–Trinajstić information content (AvgIpc) is 2.58. The summed E-state index contributed by atoms with van der Waals surface area (Å²) in [5, 5.41) is 10.1. The predicted octanol–water partition coefficient (Wildman–Crippen LogP) is 1.56. The first-order chi connectivity index (χ1) is 7.24. The molecule has 0 bridgehead atoms. The minimum absolute atomic E-state index is 0.0823. The van der Waals surface area contributed by atoms with Crippen LogP contribution in [0.2, 0.25) is 0 Å². The number of fused-ring (bicyclic) bond motifs is 1. The van der Waals surface area contributed by atoms with Crippen LogP contribution in [0.4, 0.5) is 0 Å². The molecule has 0 amide bonds. The van der Waals surface area contributed by atoms with Crippen LogP contribution in [0.25, 0.3) is 10.9 Å². The van der Waals surface area contributed by atoms with E-state index >= 15 is 0 Å². The number of aromatic nitrogens is 1. The number of para-hydroxylation sites is 1. The van der Waals surface area contributed by atoms with Crippen LogP contribution in [0.3, 0.4) is 0 Å². The van der Waals surface area contributed by atoms with Gasteiger partial charge in [0.05, 0.1) is 0 Å². The van der Waals surface area contributed by atoms with Crippen LogP contribution >= 0.6 is 0 Å². The Bertz CT molecular complexity index is 462. The molecule has 0 radical (unpaired) electrons. The molecule has 2 aromatic rings. The summed E-state index contributed by atoms with van der Waals surface area (Å²) in [6.07, 6.45) is 2.65. The standard InChI is InChI=1S/C12H16N2O/c1-14-8-10(11(13)6-7-15)9-4-2-3-5-12(9)14/h2-5,8,11,15H,6-7,13H2,1H3. The zero-order valence-corrected chi connectivity index (χ0v) is 8.85. The minimum Gasteiger partial charge on any atom is -0.396 e. The Balaban J connectivity index is 2.52. The molecular formula is C12H16N2O. The Morgan fingerprint density at radius 2 is 2.13 bits per heavy atom. The molecule has 1 atom stereocenters. The van der Waals surface area contributed by atoms with Gasteiger partial charge in [0.1, 0.15) is 0 Å². The van der Waals surface area contributed by atoms with Crippen molar-refractivity contribution in [3.8, 4) is 0 Å². The lowest BCUT2D eigenvalue weighted by atomic mass is 10.0. The Hall–Kier alpha value is -1.32.